The molecular formula is C36H31N3O6. The van der Waals surface area contributed by atoms with E-state index in [0.29, 0.717) is 61.1 Å². The molecule has 0 fully saturated rings. The Labute approximate surface area is 260 Å². The molecule has 2 amide bonds. The summed E-state index contributed by atoms with van der Waals surface area (Å²) in [6, 6.07) is 25.2. The van der Waals surface area contributed by atoms with Crippen LogP contribution in [-0.4, -0.2) is 53.6 Å². The number of rotatable bonds is 2. The number of carbonyl (C=O) groups excluding carboxylic acids is 2. The molecule has 3 aliphatic rings. The molecule has 4 heterocycles. The summed E-state index contributed by atoms with van der Waals surface area (Å²) in [4.78, 5) is 33.4. The molecule has 5 aromatic rings. The van der Waals surface area contributed by atoms with Crippen LogP contribution in [0.1, 0.15) is 49.9 Å². The molecule has 2 N–H and O–H groups in total. The lowest BCUT2D eigenvalue weighted by molar-refractivity contribution is 0.0694. The summed E-state index contributed by atoms with van der Waals surface area (Å²) in [5.41, 5.74) is 4.45. The Balaban J connectivity index is 1.33. The van der Waals surface area contributed by atoms with Crippen molar-refractivity contribution in [1.82, 2.24) is 15.2 Å². The molecule has 226 valence electrons. The van der Waals surface area contributed by atoms with Gasteiger partial charge in [-0.05, 0) is 96.3 Å². The molecule has 0 aliphatic carbocycles. The zero-order valence-electron chi connectivity index (χ0n) is 24.7. The van der Waals surface area contributed by atoms with Gasteiger partial charge in [0.2, 0.25) is 0 Å². The lowest BCUT2D eigenvalue weighted by atomic mass is 9.87. The monoisotopic (exact) mass is 601 g/mol. The highest BCUT2D eigenvalue weighted by molar-refractivity contribution is 5.99. The predicted molar refractivity (Wildman–Crippen MR) is 168 cm³/mol. The van der Waals surface area contributed by atoms with Gasteiger partial charge in [-0.15, -0.1) is 0 Å². The second-order valence-corrected chi connectivity index (χ2v) is 11.1. The van der Waals surface area contributed by atoms with Crippen LogP contribution in [0.5, 0.6) is 28.7 Å². The molecule has 1 atom stereocenters. The van der Waals surface area contributed by atoms with Crippen molar-refractivity contribution in [3.05, 3.63) is 119 Å². The number of pyridine rings is 1. The first-order chi connectivity index (χ1) is 22.0. The van der Waals surface area contributed by atoms with Crippen LogP contribution < -0.4 is 19.5 Å². The van der Waals surface area contributed by atoms with Crippen LogP contribution in [0.4, 0.5) is 0 Å². The number of methoxy groups -OCH3 is 1. The zero-order valence-corrected chi connectivity index (χ0v) is 24.7. The van der Waals surface area contributed by atoms with Gasteiger partial charge in [0.1, 0.15) is 17.2 Å². The highest BCUT2D eigenvalue weighted by Crippen LogP contribution is 2.41. The Kier molecular flexibility index (Phi) is 7.42. The van der Waals surface area contributed by atoms with Gasteiger partial charge in [0.15, 0.2) is 11.5 Å². The standard InChI is InChI=1S/C36H31N3O6/c1-43-32-12-6-24-20-33(32)44-17-3-15-38-35(41)29-21-27(8-11-31(29)40)45-26-7-9-28-22(19-26)13-16-39(34(24)28)36(42)25-5-10-30-23(18-25)4-2-14-37-30/h2,4-12,14,18-21,34,40H,3,13,15-17H2,1H3,(H,38,41). The summed E-state index contributed by atoms with van der Waals surface area (Å²) in [6.07, 6.45) is 2.88. The topological polar surface area (TPSA) is 110 Å². The Morgan fingerprint density at radius 3 is 2.78 bits per heavy atom. The summed E-state index contributed by atoms with van der Waals surface area (Å²) in [6.45, 7) is 1.13. The molecule has 0 radical (unpaired) electrons. The quantitative estimate of drug-likeness (QED) is 0.254. The summed E-state index contributed by atoms with van der Waals surface area (Å²) in [7, 11) is 1.59. The number of phenols is 1. The molecule has 8 bridgehead atoms. The van der Waals surface area contributed by atoms with Gasteiger partial charge in [-0.3, -0.25) is 14.6 Å². The van der Waals surface area contributed by atoms with Crippen LogP contribution in [0.2, 0.25) is 0 Å². The fraction of sp³-hybridized carbons (Fsp3) is 0.194. The average Bonchev–Trinajstić information content (AvgIpc) is 3.07. The van der Waals surface area contributed by atoms with E-state index in [2.05, 4.69) is 10.3 Å². The number of amides is 2. The van der Waals surface area contributed by atoms with Crippen LogP contribution in [0.3, 0.4) is 0 Å². The summed E-state index contributed by atoms with van der Waals surface area (Å²) in [5, 5.41) is 14.1. The number of aromatic hydroxyl groups is 1. The number of hydrogen-bond donors (Lipinski definition) is 2. The summed E-state index contributed by atoms with van der Waals surface area (Å²) < 4.78 is 17.9. The minimum absolute atomic E-state index is 0.0791. The van der Waals surface area contributed by atoms with Gasteiger partial charge in [0.05, 0.1) is 30.8 Å². The van der Waals surface area contributed by atoms with Gasteiger partial charge in [-0.1, -0.05) is 18.2 Å². The summed E-state index contributed by atoms with van der Waals surface area (Å²) in [5.74, 6) is 1.52. The van der Waals surface area contributed by atoms with Crippen molar-refractivity contribution in [2.45, 2.75) is 18.9 Å². The molecule has 45 heavy (non-hydrogen) atoms. The van der Waals surface area contributed by atoms with Crippen molar-refractivity contribution < 1.29 is 28.9 Å². The molecule has 1 unspecified atom stereocenters. The zero-order chi connectivity index (χ0) is 30.9. The SMILES string of the molecule is COc1ccc2cc1OCCCNC(=O)c1cc(ccc1O)Oc1ccc3c(c1)CCN(C(=O)c1ccc4ncccc4c1)C23. The third-order valence-corrected chi connectivity index (χ3v) is 8.27. The van der Waals surface area contributed by atoms with Gasteiger partial charge < -0.3 is 29.5 Å². The fourth-order valence-corrected chi connectivity index (χ4v) is 6.04. The Morgan fingerprint density at radius 1 is 1.02 bits per heavy atom. The van der Waals surface area contributed by atoms with Gasteiger partial charge in [-0.2, -0.15) is 0 Å². The molecule has 0 saturated heterocycles. The first kappa shape index (κ1) is 28.2. The number of hydrogen-bond acceptors (Lipinski definition) is 7. The smallest absolute Gasteiger partial charge is 0.255 e. The molecule has 9 nitrogen and oxygen atoms in total. The highest BCUT2D eigenvalue weighted by Gasteiger charge is 2.34. The van der Waals surface area contributed by atoms with E-state index >= 15 is 0 Å². The lowest BCUT2D eigenvalue weighted by Crippen LogP contribution is -2.40. The van der Waals surface area contributed by atoms with Gasteiger partial charge in [-0.25, -0.2) is 0 Å². The van der Waals surface area contributed by atoms with E-state index in [-0.39, 0.29) is 17.2 Å². The van der Waals surface area contributed by atoms with Crippen LogP contribution in [0, 0.1) is 0 Å². The van der Waals surface area contributed by atoms with E-state index in [1.165, 1.54) is 12.1 Å². The first-order valence-electron chi connectivity index (χ1n) is 14.9. The van der Waals surface area contributed by atoms with E-state index in [1.807, 2.05) is 71.6 Å². The average molecular weight is 602 g/mol. The van der Waals surface area contributed by atoms with Crippen molar-refractivity contribution in [1.29, 1.82) is 0 Å². The minimum Gasteiger partial charge on any atom is -0.507 e. The maximum absolute atomic E-state index is 14.2. The number of phenolic OH excluding ortho intramolecular Hbond substituents is 1. The summed E-state index contributed by atoms with van der Waals surface area (Å²) >= 11 is 0. The molecule has 0 saturated carbocycles. The van der Waals surface area contributed by atoms with Crippen molar-refractivity contribution in [2.24, 2.45) is 0 Å². The number of carbonyl (C=O) groups is 2. The number of nitrogens with zero attached hydrogens (tertiary/aromatic N) is 2. The maximum atomic E-state index is 14.2. The molecule has 1 aromatic heterocycles. The largest absolute Gasteiger partial charge is 0.507 e. The minimum atomic E-state index is -0.403. The van der Waals surface area contributed by atoms with Crippen LogP contribution in [0.15, 0.2) is 91.1 Å². The van der Waals surface area contributed by atoms with Crippen molar-refractivity contribution in [3.8, 4) is 28.7 Å². The van der Waals surface area contributed by atoms with Gasteiger partial charge >= 0.3 is 0 Å². The van der Waals surface area contributed by atoms with Crippen LogP contribution in [-0.2, 0) is 6.42 Å². The third kappa shape index (κ3) is 5.48. The Morgan fingerprint density at radius 2 is 1.89 bits per heavy atom. The lowest BCUT2D eigenvalue weighted by Gasteiger charge is -2.38. The Bertz CT molecular complexity index is 1940. The number of nitrogens with one attached hydrogen (secondary N) is 1. The normalized spacial score (nSPS) is 16.2. The molecule has 0 spiro atoms. The van der Waals surface area contributed by atoms with E-state index in [0.717, 1.165) is 27.6 Å². The molecule has 9 heteroatoms. The van der Waals surface area contributed by atoms with Gasteiger partial charge in [0, 0.05) is 30.2 Å². The van der Waals surface area contributed by atoms with Crippen LogP contribution >= 0.6 is 0 Å². The van der Waals surface area contributed by atoms with Crippen LogP contribution in [0.25, 0.3) is 10.9 Å². The molecule has 8 rings (SSSR count). The van der Waals surface area contributed by atoms with E-state index in [9.17, 15) is 14.7 Å². The second-order valence-electron chi connectivity index (χ2n) is 11.1. The number of aromatic nitrogens is 1. The van der Waals surface area contributed by atoms with Crippen molar-refractivity contribution >= 4 is 22.7 Å². The number of fused-ring (bicyclic) bond motifs is 7. The first-order valence-corrected chi connectivity index (χ1v) is 14.9. The van der Waals surface area contributed by atoms with Gasteiger partial charge in [0.25, 0.3) is 11.8 Å². The molecule has 3 aliphatic heterocycles. The second kappa shape index (κ2) is 11.8. The maximum Gasteiger partial charge on any atom is 0.255 e. The van der Waals surface area contributed by atoms with E-state index < -0.39 is 11.9 Å². The van der Waals surface area contributed by atoms with Crippen molar-refractivity contribution in [2.75, 3.05) is 26.8 Å². The predicted octanol–water partition coefficient (Wildman–Crippen LogP) is 6.04. The number of ether oxygens (including phenoxy) is 3. The van der Waals surface area contributed by atoms with Crippen molar-refractivity contribution in [3.63, 3.8) is 0 Å². The van der Waals surface area contributed by atoms with E-state index in [4.69, 9.17) is 14.2 Å². The fourth-order valence-electron chi connectivity index (χ4n) is 6.04. The Hall–Kier alpha value is -5.57. The molecular weight excluding hydrogens is 570 g/mol. The van der Waals surface area contributed by atoms with E-state index in [1.54, 1.807) is 19.4 Å². The number of benzene rings is 4. The highest BCUT2D eigenvalue weighted by atomic mass is 16.5. The third-order valence-electron chi connectivity index (χ3n) is 8.27. The molecule has 4 aromatic carbocycles.